The van der Waals surface area contributed by atoms with Crippen molar-refractivity contribution in [1.29, 1.82) is 0 Å². The Morgan fingerprint density at radius 2 is 1.75 bits per heavy atom. The fraction of sp³-hybridized carbons (Fsp3) is 0.150. The van der Waals surface area contributed by atoms with Crippen LogP contribution < -0.4 is 5.32 Å². The largest absolute Gasteiger partial charge is 0.344 e. The number of benzene rings is 2. The van der Waals surface area contributed by atoms with Crippen molar-refractivity contribution in [2.24, 2.45) is 0 Å². The number of carbonyl (C=O) groups excluding carboxylic acids is 1. The number of halogens is 2. The smallest absolute Gasteiger partial charge is 0.221 e. The van der Waals surface area contributed by atoms with Gasteiger partial charge in [-0.05, 0) is 53.4 Å². The standard InChI is InChI=1S/C20H17ClFNO3S2/c21-15-5-9-17(10-6-15)28(25,26)13-11-19(24)23-20(18-2-1-12-27-18)14-3-7-16(22)8-4-14/h1-10,12,20H,11,13H2,(H,23,24). The Morgan fingerprint density at radius 3 is 2.36 bits per heavy atom. The number of carbonyl (C=O) groups is 1. The molecule has 0 aliphatic carbocycles. The molecule has 2 aromatic carbocycles. The second-order valence-electron chi connectivity index (χ2n) is 6.09. The van der Waals surface area contributed by atoms with E-state index in [-0.39, 0.29) is 22.9 Å². The van der Waals surface area contributed by atoms with Gasteiger partial charge in [0.05, 0.1) is 16.7 Å². The summed E-state index contributed by atoms with van der Waals surface area (Å²) in [6.07, 6.45) is -0.186. The van der Waals surface area contributed by atoms with Crippen molar-refractivity contribution in [1.82, 2.24) is 5.32 Å². The second kappa shape index (κ2) is 8.86. The number of nitrogens with one attached hydrogen (secondary N) is 1. The van der Waals surface area contributed by atoms with Gasteiger partial charge in [-0.1, -0.05) is 29.8 Å². The van der Waals surface area contributed by atoms with E-state index < -0.39 is 21.8 Å². The summed E-state index contributed by atoms with van der Waals surface area (Å²) in [5, 5.41) is 5.17. The minimum atomic E-state index is -3.60. The molecule has 0 saturated carbocycles. The zero-order valence-corrected chi connectivity index (χ0v) is 17.0. The second-order valence-corrected chi connectivity index (χ2v) is 9.62. The SMILES string of the molecule is O=C(CCS(=O)(=O)c1ccc(Cl)cc1)NC(c1ccc(F)cc1)c1cccs1. The van der Waals surface area contributed by atoms with Gasteiger partial charge in [0.2, 0.25) is 5.91 Å². The van der Waals surface area contributed by atoms with E-state index in [4.69, 9.17) is 11.6 Å². The highest BCUT2D eigenvalue weighted by molar-refractivity contribution is 7.91. The Kier molecular flexibility index (Phi) is 6.49. The summed E-state index contributed by atoms with van der Waals surface area (Å²) in [6, 6.07) is 14.9. The molecule has 1 heterocycles. The van der Waals surface area contributed by atoms with Crippen LogP contribution in [0.25, 0.3) is 0 Å². The van der Waals surface area contributed by atoms with Crippen molar-refractivity contribution < 1.29 is 17.6 Å². The maximum absolute atomic E-state index is 13.2. The number of amides is 1. The summed E-state index contributed by atoms with van der Waals surface area (Å²) in [5.41, 5.74) is 0.720. The third-order valence-corrected chi connectivity index (χ3v) is 7.03. The molecule has 1 atom stereocenters. The highest BCUT2D eigenvalue weighted by Crippen LogP contribution is 2.26. The summed E-state index contributed by atoms with van der Waals surface area (Å²) in [4.78, 5) is 13.5. The molecule has 0 radical (unpaired) electrons. The van der Waals surface area contributed by atoms with Crippen LogP contribution in [0.4, 0.5) is 4.39 Å². The number of sulfone groups is 1. The van der Waals surface area contributed by atoms with E-state index in [1.807, 2.05) is 17.5 Å². The molecule has 4 nitrogen and oxygen atoms in total. The zero-order chi connectivity index (χ0) is 20.1. The van der Waals surface area contributed by atoms with Gasteiger partial charge in [0.25, 0.3) is 0 Å². The van der Waals surface area contributed by atoms with E-state index in [0.29, 0.717) is 5.02 Å². The first-order valence-electron chi connectivity index (χ1n) is 8.42. The third kappa shape index (κ3) is 5.19. The molecule has 0 aliphatic heterocycles. The van der Waals surface area contributed by atoms with Crippen LogP contribution in [0.3, 0.4) is 0 Å². The van der Waals surface area contributed by atoms with Crippen molar-refractivity contribution in [3.63, 3.8) is 0 Å². The fourth-order valence-corrected chi connectivity index (χ4v) is 4.82. The molecule has 0 saturated heterocycles. The molecule has 0 fully saturated rings. The molecule has 0 bridgehead atoms. The molecule has 8 heteroatoms. The van der Waals surface area contributed by atoms with Gasteiger partial charge in [-0.2, -0.15) is 0 Å². The Hall–Kier alpha value is -2.22. The van der Waals surface area contributed by atoms with Gasteiger partial charge in [0, 0.05) is 16.3 Å². The summed E-state index contributed by atoms with van der Waals surface area (Å²) in [5.74, 6) is -1.09. The van der Waals surface area contributed by atoms with Crippen LogP contribution in [0, 0.1) is 5.82 Å². The van der Waals surface area contributed by atoms with Crippen LogP contribution >= 0.6 is 22.9 Å². The third-order valence-electron chi connectivity index (χ3n) is 4.11. The molecule has 1 aromatic heterocycles. The van der Waals surface area contributed by atoms with Gasteiger partial charge in [0.1, 0.15) is 5.82 Å². The van der Waals surface area contributed by atoms with Gasteiger partial charge in [-0.3, -0.25) is 4.79 Å². The molecular formula is C20H17ClFNO3S2. The monoisotopic (exact) mass is 437 g/mol. The predicted octanol–water partition coefficient (Wildman–Crippen LogP) is 4.61. The summed E-state index contributed by atoms with van der Waals surface area (Å²) >= 11 is 7.24. The molecule has 1 N–H and O–H groups in total. The average Bonchev–Trinajstić information content (AvgIpc) is 3.20. The van der Waals surface area contributed by atoms with Crippen LogP contribution in [0.2, 0.25) is 5.02 Å². The van der Waals surface area contributed by atoms with E-state index in [0.717, 1.165) is 10.4 Å². The molecule has 0 spiro atoms. The number of rotatable bonds is 7. The molecule has 3 rings (SSSR count). The quantitative estimate of drug-likeness (QED) is 0.587. The average molecular weight is 438 g/mol. The predicted molar refractivity (Wildman–Crippen MR) is 109 cm³/mol. The molecular weight excluding hydrogens is 421 g/mol. The number of thiophene rings is 1. The first kappa shape index (κ1) is 20.5. The normalized spacial score (nSPS) is 12.5. The van der Waals surface area contributed by atoms with Gasteiger partial charge in [-0.25, -0.2) is 12.8 Å². The maximum atomic E-state index is 13.2. The molecule has 1 unspecified atom stereocenters. The highest BCUT2D eigenvalue weighted by Gasteiger charge is 2.21. The Bertz CT molecular complexity index is 1030. The van der Waals surface area contributed by atoms with E-state index in [9.17, 15) is 17.6 Å². The maximum Gasteiger partial charge on any atom is 0.221 e. The van der Waals surface area contributed by atoms with Crippen LogP contribution in [-0.2, 0) is 14.6 Å². The van der Waals surface area contributed by atoms with Gasteiger partial charge < -0.3 is 5.32 Å². The van der Waals surface area contributed by atoms with E-state index in [2.05, 4.69) is 5.32 Å². The summed E-state index contributed by atoms with van der Waals surface area (Å²) < 4.78 is 38.0. The topological polar surface area (TPSA) is 63.2 Å². The molecule has 146 valence electrons. The van der Waals surface area contributed by atoms with Gasteiger partial charge >= 0.3 is 0 Å². The Balaban J connectivity index is 1.70. The Morgan fingerprint density at radius 1 is 1.07 bits per heavy atom. The fourth-order valence-electron chi connectivity index (χ4n) is 2.65. The first-order chi connectivity index (χ1) is 13.3. The Labute approximate surface area is 171 Å². The van der Waals surface area contributed by atoms with Gasteiger partial charge in [0.15, 0.2) is 9.84 Å². The van der Waals surface area contributed by atoms with Gasteiger partial charge in [-0.15, -0.1) is 11.3 Å². The molecule has 1 amide bonds. The van der Waals surface area contributed by atoms with Crippen molar-refractivity contribution >= 4 is 38.7 Å². The highest BCUT2D eigenvalue weighted by atomic mass is 35.5. The summed E-state index contributed by atoms with van der Waals surface area (Å²) in [6.45, 7) is 0. The van der Waals surface area contributed by atoms with E-state index >= 15 is 0 Å². The van der Waals surface area contributed by atoms with Crippen LogP contribution in [0.1, 0.15) is 22.9 Å². The zero-order valence-electron chi connectivity index (χ0n) is 14.6. The van der Waals surface area contributed by atoms with Crippen LogP contribution in [0.15, 0.2) is 70.9 Å². The van der Waals surface area contributed by atoms with Crippen molar-refractivity contribution in [3.05, 3.63) is 87.3 Å². The lowest BCUT2D eigenvalue weighted by atomic mass is 10.1. The number of hydrogen-bond acceptors (Lipinski definition) is 4. The number of hydrogen-bond donors (Lipinski definition) is 1. The lowest BCUT2D eigenvalue weighted by Crippen LogP contribution is -2.30. The molecule has 28 heavy (non-hydrogen) atoms. The lowest BCUT2D eigenvalue weighted by Gasteiger charge is -2.18. The van der Waals surface area contributed by atoms with Crippen molar-refractivity contribution in [2.45, 2.75) is 17.4 Å². The minimum Gasteiger partial charge on any atom is -0.344 e. The molecule has 3 aromatic rings. The summed E-state index contributed by atoms with van der Waals surface area (Å²) in [7, 11) is -3.60. The molecule has 0 aliphatic rings. The van der Waals surface area contributed by atoms with Crippen LogP contribution in [0.5, 0.6) is 0 Å². The lowest BCUT2D eigenvalue weighted by molar-refractivity contribution is -0.121. The van der Waals surface area contributed by atoms with E-state index in [1.54, 1.807) is 12.1 Å². The van der Waals surface area contributed by atoms with Crippen LogP contribution in [-0.4, -0.2) is 20.1 Å². The minimum absolute atomic E-state index is 0.123. The van der Waals surface area contributed by atoms with Crippen molar-refractivity contribution in [2.75, 3.05) is 5.75 Å². The van der Waals surface area contributed by atoms with E-state index in [1.165, 1.54) is 47.7 Å². The van der Waals surface area contributed by atoms with Crippen molar-refractivity contribution in [3.8, 4) is 0 Å². The first-order valence-corrected chi connectivity index (χ1v) is 11.3.